The van der Waals surface area contributed by atoms with Crippen LogP contribution in [0.2, 0.25) is 0 Å². The van der Waals surface area contributed by atoms with E-state index in [1.54, 1.807) is 4.68 Å². The Hall–Kier alpha value is -1.48. The molecule has 0 bridgehead atoms. The predicted molar refractivity (Wildman–Crippen MR) is 165 cm³/mol. The molecule has 1 unspecified atom stereocenters. The van der Waals surface area contributed by atoms with Gasteiger partial charge in [-0.2, -0.15) is 0 Å². The second-order valence-electron chi connectivity index (χ2n) is 14.4. The van der Waals surface area contributed by atoms with Gasteiger partial charge in [-0.15, -0.1) is 5.10 Å². The molecule has 9 heteroatoms. The van der Waals surface area contributed by atoms with E-state index in [2.05, 4.69) is 61.2 Å². The van der Waals surface area contributed by atoms with E-state index in [-0.39, 0.29) is 11.9 Å². The first-order chi connectivity index (χ1) is 18.2. The third kappa shape index (κ3) is 11.4. The van der Waals surface area contributed by atoms with E-state index in [9.17, 15) is 9.59 Å². The monoisotopic (exact) mass is 629 g/mol. The Bertz CT molecular complexity index is 931. The van der Waals surface area contributed by atoms with Gasteiger partial charge in [-0.1, -0.05) is 67.1 Å². The van der Waals surface area contributed by atoms with E-state index in [1.165, 1.54) is 19.3 Å². The van der Waals surface area contributed by atoms with Crippen molar-refractivity contribution in [3.8, 4) is 0 Å². The third-order valence-electron chi connectivity index (χ3n) is 8.72. The Morgan fingerprint density at radius 1 is 0.850 bits per heavy atom. The molecule has 0 spiro atoms. The molecule has 0 aromatic carbocycles. The van der Waals surface area contributed by atoms with Crippen LogP contribution in [-0.4, -0.2) is 76.6 Å². The average Bonchev–Trinajstić information content (AvgIpc) is 3.22. The van der Waals surface area contributed by atoms with Crippen molar-refractivity contribution < 1.29 is 23.5 Å². The van der Waals surface area contributed by atoms with Crippen LogP contribution in [0.3, 0.4) is 0 Å². The first-order valence-corrected chi connectivity index (χ1v) is 15.7. The normalized spacial score (nSPS) is 14.6. The van der Waals surface area contributed by atoms with Crippen LogP contribution >= 0.6 is 15.9 Å². The summed E-state index contributed by atoms with van der Waals surface area (Å²) in [5, 5.41) is 8.10. The Labute approximate surface area is 252 Å². The quantitative estimate of drug-likeness (QED) is 0.0751. The lowest BCUT2D eigenvalue weighted by molar-refractivity contribution is -0.870. The van der Waals surface area contributed by atoms with Crippen LogP contribution in [0.15, 0.2) is 6.20 Å². The highest BCUT2D eigenvalue weighted by Gasteiger charge is 2.55. The summed E-state index contributed by atoms with van der Waals surface area (Å²) in [5.41, 5.74) is -1.08. The van der Waals surface area contributed by atoms with Crippen molar-refractivity contribution >= 4 is 27.9 Å². The summed E-state index contributed by atoms with van der Waals surface area (Å²) in [4.78, 5) is 26.7. The number of ether oxygens (including phenoxy) is 2. The van der Waals surface area contributed by atoms with E-state index in [4.69, 9.17) is 9.47 Å². The van der Waals surface area contributed by atoms with Gasteiger partial charge >= 0.3 is 11.9 Å². The van der Waals surface area contributed by atoms with Gasteiger partial charge in [0.1, 0.15) is 13.2 Å². The highest BCUT2D eigenvalue weighted by atomic mass is 79.9. The Balaban J connectivity index is 2.51. The minimum absolute atomic E-state index is 0.213. The number of aryl methyl sites for hydroxylation is 2. The number of alkyl halides is 1. The number of hydrogen-bond donors (Lipinski definition) is 0. The molecule has 0 radical (unpaired) electrons. The first-order valence-electron chi connectivity index (χ1n) is 14.9. The molecule has 0 amide bonds. The van der Waals surface area contributed by atoms with Gasteiger partial charge in [0.25, 0.3) is 0 Å². The molecule has 0 aliphatic rings. The van der Waals surface area contributed by atoms with E-state index >= 15 is 0 Å². The van der Waals surface area contributed by atoms with Crippen molar-refractivity contribution in [3.63, 3.8) is 0 Å². The molecule has 0 fully saturated rings. The second-order valence-corrected chi connectivity index (χ2v) is 16.4. The highest BCUT2D eigenvalue weighted by molar-refractivity contribution is 9.10. The third-order valence-corrected chi connectivity index (χ3v) is 9.59. The van der Waals surface area contributed by atoms with Crippen LogP contribution in [0.5, 0.6) is 0 Å². The van der Waals surface area contributed by atoms with E-state index < -0.39 is 20.6 Å². The number of carbonyl (C=O) groups is 2. The molecule has 232 valence electrons. The van der Waals surface area contributed by atoms with Gasteiger partial charge in [0.2, 0.25) is 0 Å². The molecular weight excluding hydrogens is 572 g/mol. The zero-order valence-corrected chi connectivity index (χ0v) is 28.9. The van der Waals surface area contributed by atoms with Crippen LogP contribution in [0.1, 0.15) is 106 Å². The maximum atomic E-state index is 13.4. The molecule has 1 heterocycles. The molecule has 1 aromatic rings. The lowest BCUT2D eigenvalue weighted by Gasteiger charge is -2.48. The molecule has 1 atom stereocenters. The topological polar surface area (TPSA) is 83.3 Å². The summed E-state index contributed by atoms with van der Waals surface area (Å²) < 4.78 is 13.5. The number of unbranched alkanes of at least 4 members (excludes halogenated alkanes) is 6. The number of hydrogen-bond acceptors (Lipinski definition) is 6. The first kappa shape index (κ1) is 36.5. The summed E-state index contributed by atoms with van der Waals surface area (Å²) in [7, 11) is 8.11. The standard InChI is InChI=1S/C31H58BrN4O4/c1-28(2,24-31(7,30(5,6)32)27(38)40-22-20-36(9,10)11)29(3,4)26(37)39-21-18-16-14-12-13-15-17-19-25-23-35(8)34-33-25/h23H,12-22,24H2,1-11H3/q+1. The summed E-state index contributed by atoms with van der Waals surface area (Å²) in [6.07, 6.45) is 11.2. The van der Waals surface area contributed by atoms with Crippen molar-refractivity contribution in [3.05, 3.63) is 11.9 Å². The van der Waals surface area contributed by atoms with Crippen molar-refractivity contribution in [2.24, 2.45) is 23.3 Å². The smallest absolute Gasteiger partial charge is 0.313 e. The lowest BCUT2D eigenvalue weighted by atomic mass is 9.58. The van der Waals surface area contributed by atoms with Crippen molar-refractivity contribution in [1.29, 1.82) is 0 Å². The van der Waals surface area contributed by atoms with Crippen molar-refractivity contribution in [1.82, 2.24) is 15.0 Å². The molecule has 0 aliphatic heterocycles. The summed E-state index contributed by atoms with van der Waals surface area (Å²) >= 11 is 3.76. The molecule has 0 aliphatic carbocycles. The fourth-order valence-electron chi connectivity index (χ4n) is 4.62. The number of likely N-dealkylation sites (N-methyl/N-ethyl adjacent to an activating group) is 1. The summed E-state index contributed by atoms with van der Waals surface area (Å²) in [6, 6.07) is 0. The van der Waals surface area contributed by atoms with Crippen LogP contribution in [0.4, 0.5) is 0 Å². The highest BCUT2D eigenvalue weighted by Crippen LogP contribution is 2.53. The fraction of sp³-hybridized carbons (Fsp3) is 0.871. The predicted octanol–water partition coefficient (Wildman–Crippen LogP) is 6.50. The van der Waals surface area contributed by atoms with Gasteiger partial charge in [0.05, 0.1) is 44.3 Å². The zero-order chi connectivity index (χ0) is 30.8. The van der Waals surface area contributed by atoms with Crippen LogP contribution in [0.25, 0.3) is 0 Å². The number of carbonyl (C=O) groups excluding carboxylic acids is 2. The summed E-state index contributed by atoms with van der Waals surface area (Å²) in [5.74, 6) is -0.455. The molecular formula is C31H58BrN4O4+. The van der Waals surface area contributed by atoms with E-state index in [1.807, 2.05) is 47.9 Å². The maximum Gasteiger partial charge on any atom is 0.313 e. The molecule has 1 rings (SSSR count). The number of quaternary nitrogens is 1. The summed E-state index contributed by atoms with van der Waals surface area (Å²) in [6.45, 7) is 15.4. The fourth-order valence-corrected chi connectivity index (χ4v) is 4.93. The van der Waals surface area contributed by atoms with Crippen LogP contribution < -0.4 is 0 Å². The van der Waals surface area contributed by atoms with E-state index in [0.29, 0.717) is 19.6 Å². The van der Waals surface area contributed by atoms with Crippen molar-refractivity contribution in [2.45, 2.75) is 111 Å². The molecule has 0 N–H and O–H groups in total. The van der Waals surface area contributed by atoms with Gasteiger partial charge in [-0.3, -0.25) is 14.3 Å². The average molecular weight is 631 g/mol. The minimum atomic E-state index is -0.840. The largest absolute Gasteiger partial charge is 0.465 e. The molecule has 40 heavy (non-hydrogen) atoms. The lowest BCUT2D eigenvalue weighted by Crippen LogP contribution is -2.52. The number of halogens is 1. The van der Waals surface area contributed by atoms with Gasteiger partial charge < -0.3 is 14.0 Å². The number of aromatic nitrogens is 3. The van der Waals surface area contributed by atoms with Gasteiger partial charge in [-0.05, 0) is 65.7 Å². The van der Waals surface area contributed by atoms with E-state index in [0.717, 1.165) is 48.8 Å². The Morgan fingerprint density at radius 2 is 1.38 bits per heavy atom. The van der Waals surface area contributed by atoms with Gasteiger partial charge in [0, 0.05) is 17.6 Å². The van der Waals surface area contributed by atoms with Gasteiger partial charge in [0.15, 0.2) is 0 Å². The maximum absolute atomic E-state index is 13.4. The number of nitrogens with zero attached hydrogens (tertiary/aromatic N) is 4. The molecule has 0 saturated heterocycles. The second kappa shape index (κ2) is 15.1. The van der Waals surface area contributed by atoms with Gasteiger partial charge in [-0.25, -0.2) is 0 Å². The minimum Gasteiger partial charge on any atom is -0.465 e. The number of esters is 2. The molecule has 1 aromatic heterocycles. The number of rotatable bonds is 19. The molecule has 8 nitrogen and oxygen atoms in total. The Kier molecular flexibility index (Phi) is 13.8. The van der Waals surface area contributed by atoms with Crippen molar-refractivity contribution in [2.75, 3.05) is 40.9 Å². The molecule has 0 saturated carbocycles. The van der Waals surface area contributed by atoms with Crippen LogP contribution in [0, 0.1) is 16.2 Å². The van der Waals surface area contributed by atoms with Crippen LogP contribution in [-0.2, 0) is 32.5 Å². The zero-order valence-electron chi connectivity index (χ0n) is 27.4. The SMILES string of the molecule is Cn1cc(CCCCCCCCCOC(=O)C(C)(C)C(C)(C)CC(C)(C(=O)OCC[N+](C)(C)C)C(C)(C)Br)nn1. The Morgan fingerprint density at radius 3 is 1.88 bits per heavy atom.